The van der Waals surface area contributed by atoms with E-state index in [2.05, 4.69) is 21.3 Å². The van der Waals surface area contributed by atoms with Gasteiger partial charge in [-0.3, -0.25) is 9.59 Å². The summed E-state index contributed by atoms with van der Waals surface area (Å²) in [6, 6.07) is -2.60. The minimum absolute atomic E-state index is 0.0360. The Hall–Kier alpha value is -2.88. The number of amides is 4. The number of aliphatic hydroxyl groups is 6. The van der Waals surface area contributed by atoms with E-state index in [4.69, 9.17) is 23.7 Å². The minimum atomic E-state index is -1.58. The Morgan fingerprint density at radius 1 is 0.659 bits per heavy atom. The standard InChI is InChI=1S/C22H38N4O15/c1-9(29)25-13-17(33)15(31)11(7-27)38-19(13)40-21(35)23-3-5-37-6-4-24-22(36)41-20-14(26-10(2)30)18(34)16(32)12(8-28)39-20/h11-20,27-28,31-34H,3-8H2,1-2H3,(H,23,35)(H,24,36)(H,25,29)(H,26,30)/t11-,12-,13-,14-,15-,16-,17-,18-,19-,20-/m1/s1. The van der Waals surface area contributed by atoms with Crippen molar-refractivity contribution in [2.24, 2.45) is 0 Å². The molecule has 0 saturated carbocycles. The van der Waals surface area contributed by atoms with E-state index in [1.807, 2.05) is 0 Å². The molecule has 2 heterocycles. The van der Waals surface area contributed by atoms with Crippen LogP contribution in [0.2, 0.25) is 0 Å². The van der Waals surface area contributed by atoms with Crippen molar-refractivity contribution in [2.75, 3.05) is 39.5 Å². The Morgan fingerprint density at radius 2 is 1.02 bits per heavy atom. The number of rotatable bonds is 12. The van der Waals surface area contributed by atoms with Crippen LogP contribution >= 0.6 is 0 Å². The predicted octanol–water partition coefficient (Wildman–Crippen LogP) is -5.66. The van der Waals surface area contributed by atoms with Gasteiger partial charge in [0.05, 0.1) is 26.4 Å². The SMILES string of the molecule is CC(=O)N[C@H]1[C@@H](OC(=O)NCCOCCNC(=O)O[C@H]2O[C@H](CO)[C@@H](O)[C@H](O)[C@H]2NC(C)=O)O[C@H](CO)[C@@H](O)[C@@H]1O. The van der Waals surface area contributed by atoms with Gasteiger partial charge in [-0.15, -0.1) is 0 Å². The predicted molar refractivity (Wildman–Crippen MR) is 131 cm³/mol. The lowest BCUT2D eigenvalue weighted by atomic mass is 9.97. The van der Waals surface area contributed by atoms with Gasteiger partial charge >= 0.3 is 12.2 Å². The van der Waals surface area contributed by atoms with Crippen LogP contribution in [-0.2, 0) is 33.3 Å². The van der Waals surface area contributed by atoms with Gasteiger partial charge in [0.1, 0.15) is 48.7 Å². The second-order valence-corrected chi connectivity index (χ2v) is 9.14. The number of carbonyl (C=O) groups is 4. The summed E-state index contributed by atoms with van der Waals surface area (Å²) in [6.45, 7) is 0.736. The molecule has 2 fully saturated rings. The van der Waals surface area contributed by atoms with E-state index < -0.39 is 98.5 Å². The lowest BCUT2D eigenvalue weighted by molar-refractivity contribution is -0.252. The normalized spacial score (nSPS) is 33.3. The van der Waals surface area contributed by atoms with Crippen LogP contribution in [0.4, 0.5) is 9.59 Å². The molecule has 10 N–H and O–H groups in total. The van der Waals surface area contributed by atoms with Crippen molar-refractivity contribution in [3.63, 3.8) is 0 Å². The van der Waals surface area contributed by atoms with Crippen molar-refractivity contribution in [2.45, 2.75) is 75.1 Å². The summed E-state index contributed by atoms with van der Waals surface area (Å²) in [5.74, 6) is -1.17. The molecule has 19 heteroatoms. The van der Waals surface area contributed by atoms with Gasteiger partial charge in [-0.05, 0) is 0 Å². The summed E-state index contributed by atoms with van der Waals surface area (Å²) in [4.78, 5) is 47.1. The van der Waals surface area contributed by atoms with Crippen LogP contribution in [0.1, 0.15) is 13.8 Å². The van der Waals surface area contributed by atoms with Crippen LogP contribution in [0, 0.1) is 0 Å². The first-order valence-electron chi connectivity index (χ1n) is 12.6. The van der Waals surface area contributed by atoms with Crippen molar-refractivity contribution in [3.8, 4) is 0 Å². The van der Waals surface area contributed by atoms with Gasteiger partial charge in [0.2, 0.25) is 24.4 Å². The van der Waals surface area contributed by atoms with Gasteiger partial charge < -0.3 is 75.6 Å². The zero-order valence-corrected chi connectivity index (χ0v) is 22.4. The number of hydrogen-bond donors (Lipinski definition) is 10. The van der Waals surface area contributed by atoms with Crippen molar-refractivity contribution in [3.05, 3.63) is 0 Å². The number of hydrogen-bond acceptors (Lipinski definition) is 15. The topological polar surface area (TPSA) is 284 Å². The highest BCUT2D eigenvalue weighted by Crippen LogP contribution is 2.23. The first-order valence-corrected chi connectivity index (χ1v) is 12.6. The maximum Gasteiger partial charge on any atom is 0.409 e. The molecular weight excluding hydrogens is 560 g/mol. The molecule has 4 amide bonds. The third-order valence-electron chi connectivity index (χ3n) is 5.98. The average Bonchev–Trinajstić information content (AvgIpc) is 2.91. The third-order valence-corrected chi connectivity index (χ3v) is 5.98. The fraction of sp³-hybridized carbons (Fsp3) is 0.818. The number of aliphatic hydroxyl groups excluding tert-OH is 6. The molecule has 2 aliphatic heterocycles. The number of nitrogens with one attached hydrogen (secondary N) is 4. The van der Waals surface area contributed by atoms with Crippen molar-refractivity contribution < 1.29 is 73.5 Å². The summed E-state index contributed by atoms with van der Waals surface area (Å²) in [5, 5.41) is 68.3. The molecule has 19 nitrogen and oxygen atoms in total. The van der Waals surface area contributed by atoms with Crippen molar-refractivity contribution in [1.82, 2.24) is 21.3 Å². The van der Waals surface area contributed by atoms with Crippen molar-refractivity contribution >= 4 is 24.0 Å². The van der Waals surface area contributed by atoms with E-state index in [0.29, 0.717) is 0 Å². The first-order chi connectivity index (χ1) is 19.4. The zero-order valence-electron chi connectivity index (χ0n) is 22.4. The Kier molecular flexibility index (Phi) is 13.8. The van der Waals surface area contributed by atoms with Crippen LogP contribution in [0.3, 0.4) is 0 Å². The summed E-state index contributed by atoms with van der Waals surface area (Å²) in [7, 11) is 0. The lowest BCUT2D eigenvalue weighted by Gasteiger charge is -2.41. The molecule has 0 unspecified atom stereocenters. The molecule has 0 spiro atoms. The molecule has 41 heavy (non-hydrogen) atoms. The summed E-state index contributed by atoms with van der Waals surface area (Å²) < 4.78 is 25.9. The smallest absolute Gasteiger partial charge is 0.409 e. The van der Waals surface area contributed by atoms with Gasteiger partial charge in [-0.25, -0.2) is 9.59 Å². The second-order valence-electron chi connectivity index (χ2n) is 9.14. The Labute approximate surface area is 234 Å². The van der Waals surface area contributed by atoms with E-state index in [1.165, 1.54) is 0 Å². The molecule has 0 aromatic rings. The zero-order chi connectivity index (χ0) is 30.7. The lowest BCUT2D eigenvalue weighted by Crippen LogP contribution is -2.65. The summed E-state index contributed by atoms with van der Waals surface area (Å²) >= 11 is 0. The maximum absolute atomic E-state index is 12.1. The monoisotopic (exact) mass is 598 g/mol. The minimum Gasteiger partial charge on any atom is -0.417 e. The molecule has 2 rings (SSSR count). The Bertz CT molecular complexity index is 814. The fourth-order valence-corrected chi connectivity index (χ4v) is 3.99. The van der Waals surface area contributed by atoms with Gasteiger partial charge in [-0.1, -0.05) is 0 Å². The largest absolute Gasteiger partial charge is 0.417 e. The van der Waals surface area contributed by atoms with Gasteiger partial charge in [0.15, 0.2) is 0 Å². The molecule has 236 valence electrons. The molecule has 2 aliphatic rings. The summed E-state index contributed by atoms with van der Waals surface area (Å²) in [6.07, 6.45) is -13.8. The molecule has 0 aromatic heterocycles. The van der Waals surface area contributed by atoms with Crippen LogP contribution < -0.4 is 21.3 Å². The van der Waals surface area contributed by atoms with Crippen molar-refractivity contribution in [1.29, 1.82) is 0 Å². The molecule has 0 radical (unpaired) electrons. The van der Waals surface area contributed by atoms with Crippen LogP contribution in [-0.4, -0.2) is 155 Å². The van der Waals surface area contributed by atoms with Gasteiger partial charge in [0, 0.05) is 26.9 Å². The maximum atomic E-state index is 12.1. The quantitative estimate of drug-likeness (QED) is 0.0937. The van der Waals surface area contributed by atoms with E-state index in [-0.39, 0.29) is 26.3 Å². The van der Waals surface area contributed by atoms with E-state index in [0.717, 1.165) is 13.8 Å². The highest BCUT2D eigenvalue weighted by molar-refractivity contribution is 5.74. The fourth-order valence-electron chi connectivity index (χ4n) is 3.99. The molecule has 2 saturated heterocycles. The first kappa shape index (κ1) is 34.3. The highest BCUT2D eigenvalue weighted by Gasteiger charge is 2.47. The van der Waals surface area contributed by atoms with Crippen LogP contribution in [0.15, 0.2) is 0 Å². The number of ether oxygens (including phenoxy) is 5. The molecule has 0 bridgehead atoms. The van der Waals surface area contributed by atoms with Gasteiger partial charge in [0.25, 0.3) is 0 Å². The second kappa shape index (κ2) is 16.5. The third kappa shape index (κ3) is 10.2. The number of carbonyl (C=O) groups excluding carboxylic acids is 4. The number of alkyl carbamates (subject to hydrolysis) is 2. The van der Waals surface area contributed by atoms with E-state index in [9.17, 15) is 49.8 Å². The Morgan fingerprint density at radius 3 is 1.34 bits per heavy atom. The Balaban J connectivity index is 1.70. The highest BCUT2D eigenvalue weighted by atomic mass is 16.7. The molecule has 10 atom stereocenters. The van der Waals surface area contributed by atoms with Gasteiger partial charge in [-0.2, -0.15) is 0 Å². The summed E-state index contributed by atoms with van der Waals surface area (Å²) in [5.41, 5.74) is 0. The van der Waals surface area contributed by atoms with Crippen LogP contribution in [0.5, 0.6) is 0 Å². The molecular formula is C22H38N4O15. The average molecular weight is 599 g/mol. The molecule has 0 aliphatic carbocycles. The van der Waals surface area contributed by atoms with Crippen LogP contribution in [0.25, 0.3) is 0 Å². The van der Waals surface area contributed by atoms with E-state index in [1.54, 1.807) is 0 Å². The molecule has 0 aromatic carbocycles. The van der Waals surface area contributed by atoms with E-state index >= 15 is 0 Å².